The Morgan fingerprint density at radius 2 is 1.97 bits per heavy atom. The van der Waals surface area contributed by atoms with E-state index in [1.54, 1.807) is 18.5 Å². The molecule has 2 atom stereocenters. The number of piperazine rings is 1. The quantitative estimate of drug-likeness (QED) is 0.581. The number of amides is 1. The summed E-state index contributed by atoms with van der Waals surface area (Å²) in [6.07, 6.45) is 5.39. The Morgan fingerprint density at radius 3 is 2.68 bits per heavy atom. The number of rotatable bonds is 4. The number of imidazole rings is 1. The number of carbonyl (C=O) groups is 1. The summed E-state index contributed by atoms with van der Waals surface area (Å²) in [5.41, 5.74) is 9.21. The molecule has 6 nitrogen and oxygen atoms in total. The van der Waals surface area contributed by atoms with Crippen molar-refractivity contribution in [1.29, 1.82) is 0 Å². The number of aromatic nitrogens is 2. The van der Waals surface area contributed by atoms with Gasteiger partial charge in [-0.25, -0.2) is 9.37 Å². The number of benzene rings is 2. The van der Waals surface area contributed by atoms with E-state index in [1.807, 2.05) is 22.5 Å². The molecule has 2 aromatic carbocycles. The van der Waals surface area contributed by atoms with Gasteiger partial charge >= 0.3 is 0 Å². The Kier molecular flexibility index (Phi) is 6.02. The van der Waals surface area contributed by atoms with Crippen molar-refractivity contribution in [3.63, 3.8) is 0 Å². The van der Waals surface area contributed by atoms with Crippen LogP contribution in [0.1, 0.15) is 51.1 Å². The van der Waals surface area contributed by atoms with Gasteiger partial charge in [0.05, 0.1) is 28.9 Å². The molecule has 8 heteroatoms. The molecule has 2 fully saturated rings. The average molecular weight is 484 g/mol. The van der Waals surface area contributed by atoms with Crippen LogP contribution in [0, 0.1) is 5.82 Å². The summed E-state index contributed by atoms with van der Waals surface area (Å²) < 4.78 is 16.6. The molecule has 1 aliphatic carbocycles. The van der Waals surface area contributed by atoms with Crippen LogP contribution in [0.25, 0.3) is 11.0 Å². The Hall–Kier alpha value is -2.64. The number of halogens is 2. The SMILES string of the molecule is C[C@@H]1CN(c2ccc3ncn([C@H](C)c4ccc(Cl)cc4F)c3c2)CCN1C(=O)C1(N)CCCC1. The average Bonchev–Trinajstić information content (AvgIpc) is 3.45. The van der Waals surface area contributed by atoms with Crippen LogP contribution in [0.2, 0.25) is 5.02 Å². The number of nitrogens with zero attached hydrogens (tertiary/aromatic N) is 4. The van der Waals surface area contributed by atoms with Gasteiger partial charge in [0.2, 0.25) is 5.91 Å². The van der Waals surface area contributed by atoms with E-state index in [0.717, 1.165) is 55.5 Å². The second kappa shape index (κ2) is 8.86. The van der Waals surface area contributed by atoms with E-state index in [9.17, 15) is 9.18 Å². The standard InChI is InChI=1S/C26H31ClFN5O/c1-17-15-31(11-12-32(17)25(34)26(29)9-3-4-10-26)20-6-8-23-24(14-20)33(16-30-23)18(2)21-7-5-19(27)13-22(21)28/h5-8,13-14,16-18H,3-4,9-12,15,29H2,1-2H3/t17-,18-/m1/s1. The first-order valence-electron chi connectivity index (χ1n) is 12.0. The summed E-state index contributed by atoms with van der Waals surface area (Å²) in [4.78, 5) is 22.0. The summed E-state index contributed by atoms with van der Waals surface area (Å²) in [6.45, 7) is 6.19. The van der Waals surface area contributed by atoms with Crippen molar-refractivity contribution in [2.45, 2.75) is 57.2 Å². The van der Waals surface area contributed by atoms with Crippen LogP contribution in [0.15, 0.2) is 42.7 Å². The van der Waals surface area contributed by atoms with E-state index in [4.69, 9.17) is 17.3 Å². The molecule has 0 unspecified atom stereocenters. The maximum Gasteiger partial charge on any atom is 0.243 e. The van der Waals surface area contributed by atoms with E-state index >= 15 is 0 Å². The minimum Gasteiger partial charge on any atom is -0.368 e. The van der Waals surface area contributed by atoms with E-state index in [0.29, 0.717) is 17.1 Å². The molecule has 2 aliphatic rings. The number of nitrogens with two attached hydrogens (primary N) is 1. The highest BCUT2D eigenvalue weighted by Crippen LogP contribution is 2.32. The zero-order valence-electron chi connectivity index (χ0n) is 19.7. The van der Waals surface area contributed by atoms with Crippen LogP contribution < -0.4 is 10.6 Å². The minimum absolute atomic E-state index is 0.0740. The molecule has 1 aromatic heterocycles. The molecule has 5 rings (SSSR count). The molecule has 1 amide bonds. The summed E-state index contributed by atoms with van der Waals surface area (Å²) in [7, 11) is 0. The zero-order valence-corrected chi connectivity index (χ0v) is 20.4. The second-order valence-corrected chi connectivity index (χ2v) is 10.3. The first-order valence-corrected chi connectivity index (χ1v) is 12.4. The minimum atomic E-state index is -0.686. The number of anilines is 1. The lowest BCUT2D eigenvalue weighted by atomic mass is 9.95. The van der Waals surface area contributed by atoms with Gasteiger partial charge < -0.3 is 20.1 Å². The highest BCUT2D eigenvalue weighted by Gasteiger charge is 2.42. The lowest BCUT2D eigenvalue weighted by Crippen LogP contribution is -2.61. The Labute approximate surface area is 204 Å². The predicted molar refractivity (Wildman–Crippen MR) is 134 cm³/mol. The lowest BCUT2D eigenvalue weighted by molar-refractivity contribution is -0.139. The van der Waals surface area contributed by atoms with E-state index in [1.165, 1.54) is 6.07 Å². The predicted octanol–water partition coefficient (Wildman–Crippen LogP) is 4.75. The lowest BCUT2D eigenvalue weighted by Gasteiger charge is -2.43. The fourth-order valence-electron chi connectivity index (χ4n) is 5.51. The third-order valence-electron chi connectivity index (χ3n) is 7.56. The van der Waals surface area contributed by atoms with Gasteiger partial charge in [0.15, 0.2) is 0 Å². The first kappa shape index (κ1) is 23.1. The molecule has 0 radical (unpaired) electrons. The largest absolute Gasteiger partial charge is 0.368 e. The van der Waals surface area contributed by atoms with E-state index in [2.05, 4.69) is 28.9 Å². The van der Waals surface area contributed by atoms with Gasteiger partial charge in [-0.1, -0.05) is 30.5 Å². The van der Waals surface area contributed by atoms with Crippen LogP contribution in [0.5, 0.6) is 0 Å². The molecule has 1 saturated heterocycles. The number of fused-ring (bicyclic) bond motifs is 1. The van der Waals surface area contributed by atoms with Crippen molar-refractivity contribution < 1.29 is 9.18 Å². The van der Waals surface area contributed by atoms with Crippen molar-refractivity contribution in [3.8, 4) is 0 Å². The van der Waals surface area contributed by atoms with Crippen molar-refractivity contribution >= 4 is 34.2 Å². The molecular formula is C26H31ClFN5O. The van der Waals surface area contributed by atoms with Crippen molar-refractivity contribution in [2.24, 2.45) is 5.73 Å². The van der Waals surface area contributed by atoms with Gasteiger partial charge in [0.1, 0.15) is 5.82 Å². The van der Waals surface area contributed by atoms with E-state index in [-0.39, 0.29) is 23.8 Å². The molecule has 34 heavy (non-hydrogen) atoms. The molecule has 1 aliphatic heterocycles. The van der Waals surface area contributed by atoms with Crippen molar-refractivity contribution in [2.75, 3.05) is 24.5 Å². The van der Waals surface area contributed by atoms with Crippen LogP contribution >= 0.6 is 11.6 Å². The highest BCUT2D eigenvalue weighted by atomic mass is 35.5. The summed E-state index contributed by atoms with van der Waals surface area (Å²) in [6, 6.07) is 10.8. The highest BCUT2D eigenvalue weighted by molar-refractivity contribution is 6.30. The monoisotopic (exact) mass is 483 g/mol. The van der Waals surface area contributed by atoms with Gasteiger partial charge in [0.25, 0.3) is 0 Å². The van der Waals surface area contributed by atoms with Gasteiger partial charge in [-0.05, 0) is 57.0 Å². The number of carbonyl (C=O) groups excluding carboxylic acids is 1. The second-order valence-electron chi connectivity index (χ2n) is 9.82. The fourth-order valence-corrected chi connectivity index (χ4v) is 5.67. The third-order valence-corrected chi connectivity index (χ3v) is 7.80. The first-order chi connectivity index (χ1) is 16.3. The third kappa shape index (κ3) is 4.05. The molecule has 1 saturated carbocycles. The zero-order chi connectivity index (χ0) is 24.0. The van der Waals surface area contributed by atoms with E-state index < -0.39 is 5.54 Å². The molecule has 180 valence electrons. The summed E-state index contributed by atoms with van der Waals surface area (Å²) in [5, 5.41) is 0.381. The van der Waals surface area contributed by atoms with Crippen LogP contribution in [0.3, 0.4) is 0 Å². The maximum absolute atomic E-state index is 14.6. The Morgan fingerprint density at radius 1 is 1.21 bits per heavy atom. The molecule has 3 aromatic rings. The van der Waals surface area contributed by atoms with Crippen LogP contribution in [-0.2, 0) is 4.79 Å². The van der Waals surface area contributed by atoms with Gasteiger partial charge in [0, 0.05) is 41.9 Å². The molecular weight excluding hydrogens is 453 g/mol. The van der Waals surface area contributed by atoms with Gasteiger partial charge in [-0.15, -0.1) is 0 Å². The summed E-state index contributed by atoms with van der Waals surface area (Å²) >= 11 is 5.94. The maximum atomic E-state index is 14.6. The Bertz CT molecular complexity index is 1220. The van der Waals surface area contributed by atoms with Crippen molar-refractivity contribution in [3.05, 3.63) is 59.1 Å². The van der Waals surface area contributed by atoms with Crippen molar-refractivity contribution in [1.82, 2.24) is 14.5 Å². The Balaban J connectivity index is 1.37. The molecule has 2 heterocycles. The number of hydrogen-bond acceptors (Lipinski definition) is 4. The molecule has 2 N–H and O–H groups in total. The molecule has 0 bridgehead atoms. The van der Waals surface area contributed by atoms with Gasteiger partial charge in [-0.3, -0.25) is 4.79 Å². The van der Waals surface area contributed by atoms with Gasteiger partial charge in [-0.2, -0.15) is 0 Å². The molecule has 0 spiro atoms. The normalized spacial score (nSPS) is 21.3. The smallest absolute Gasteiger partial charge is 0.243 e. The van der Waals surface area contributed by atoms with Crippen LogP contribution in [0.4, 0.5) is 10.1 Å². The van der Waals surface area contributed by atoms with Crippen LogP contribution in [-0.4, -0.2) is 51.6 Å². The fraction of sp³-hybridized carbons (Fsp3) is 0.462. The topological polar surface area (TPSA) is 67.4 Å². The summed E-state index contributed by atoms with van der Waals surface area (Å²) in [5.74, 6) is -0.225. The number of hydrogen-bond donors (Lipinski definition) is 1.